The first-order valence-electron chi connectivity index (χ1n) is 8.28. The summed E-state index contributed by atoms with van der Waals surface area (Å²) in [7, 11) is 0. The topological polar surface area (TPSA) is 76.1 Å². The van der Waals surface area contributed by atoms with Gasteiger partial charge in [-0.2, -0.15) is 0 Å². The Bertz CT molecular complexity index is 679. The number of ether oxygens (including phenoxy) is 1. The molecule has 0 aliphatic heterocycles. The van der Waals surface area contributed by atoms with Crippen molar-refractivity contribution in [2.75, 3.05) is 10.6 Å². The fourth-order valence-corrected chi connectivity index (χ4v) is 2.40. The van der Waals surface area contributed by atoms with Crippen LogP contribution in [0.15, 0.2) is 36.4 Å². The van der Waals surface area contributed by atoms with Gasteiger partial charge in [0.25, 0.3) is 0 Å². The number of aromatic nitrogens is 2. The maximum Gasteiger partial charge on any atom is 0.228 e. The first-order valence-corrected chi connectivity index (χ1v) is 8.28. The SMILES string of the molecule is CC(C)Oc1ccc(Nc2ccc(NC(=O)C3CCC3)nn2)cc1. The minimum Gasteiger partial charge on any atom is -0.491 e. The third-order valence-corrected chi connectivity index (χ3v) is 3.89. The van der Waals surface area contributed by atoms with Crippen molar-refractivity contribution < 1.29 is 9.53 Å². The van der Waals surface area contributed by atoms with Crippen molar-refractivity contribution in [3.63, 3.8) is 0 Å². The molecule has 0 bridgehead atoms. The molecule has 1 aromatic heterocycles. The lowest BCUT2D eigenvalue weighted by Crippen LogP contribution is -2.28. The van der Waals surface area contributed by atoms with Crippen LogP contribution in [0.25, 0.3) is 0 Å². The Morgan fingerprint density at radius 2 is 1.75 bits per heavy atom. The summed E-state index contributed by atoms with van der Waals surface area (Å²) in [5.74, 6) is 2.11. The van der Waals surface area contributed by atoms with Crippen molar-refractivity contribution in [1.82, 2.24) is 10.2 Å². The van der Waals surface area contributed by atoms with E-state index in [1.165, 1.54) is 0 Å². The fraction of sp³-hybridized carbons (Fsp3) is 0.389. The molecule has 3 rings (SSSR count). The average Bonchev–Trinajstić information content (AvgIpc) is 2.49. The van der Waals surface area contributed by atoms with Crippen molar-refractivity contribution in [2.24, 2.45) is 5.92 Å². The molecule has 2 N–H and O–H groups in total. The maximum absolute atomic E-state index is 11.9. The summed E-state index contributed by atoms with van der Waals surface area (Å²) in [6, 6.07) is 11.2. The van der Waals surface area contributed by atoms with Gasteiger partial charge >= 0.3 is 0 Å². The normalized spacial score (nSPS) is 14.1. The van der Waals surface area contributed by atoms with Crippen molar-refractivity contribution in [3.05, 3.63) is 36.4 Å². The fourth-order valence-electron chi connectivity index (χ4n) is 2.40. The summed E-state index contributed by atoms with van der Waals surface area (Å²) < 4.78 is 5.61. The Balaban J connectivity index is 1.56. The van der Waals surface area contributed by atoms with Crippen LogP contribution in [0.3, 0.4) is 0 Å². The highest BCUT2D eigenvalue weighted by molar-refractivity contribution is 5.92. The Kier molecular flexibility index (Phi) is 4.93. The van der Waals surface area contributed by atoms with Crippen molar-refractivity contribution in [2.45, 2.75) is 39.2 Å². The number of benzene rings is 1. The summed E-state index contributed by atoms with van der Waals surface area (Å²) >= 11 is 0. The number of carbonyl (C=O) groups excluding carboxylic acids is 1. The van der Waals surface area contributed by atoms with Gasteiger partial charge in [0.05, 0.1) is 6.10 Å². The average molecular weight is 326 g/mol. The minimum absolute atomic E-state index is 0.0389. The van der Waals surface area contributed by atoms with E-state index < -0.39 is 0 Å². The number of rotatable bonds is 6. The molecule has 1 amide bonds. The van der Waals surface area contributed by atoms with Gasteiger partial charge in [-0.05, 0) is 63.1 Å². The van der Waals surface area contributed by atoms with E-state index in [-0.39, 0.29) is 17.9 Å². The van der Waals surface area contributed by atoms with Gasteiger partial charge in [-0.25, -0.2) is 0 Å². The van der Waals surface area contributed by atoms with E-state index in [1.807, 2.05) is 38.1 Å². The largest absolute Gasteiger partial charge is 0.491 e. The van der Waals surface area contributed by atoms with E-state index in [0.29, 0.717) is 11.6 Å². The van der Waals surface area contributed by atoms with Crippen molar-refractivity contribution in [3.8, 4) is 5.75 Å². The predicted octanol–water partition coefficient (Wildman–Crippen LogP) is 3.75. The number of nitrogens with zero attached hydrogens (tertiary/aromatic N) is 2. The molecule has 1 aliphatic rings. The van der Waals surface area contributed by atoms with Crippen LogP contribution in [0.5, 0.6) is 5.75 Å². The number of hydrogen-bond donors (Lipinski definition) is 2. The van der Waals surface area contributed by atoms with Crippen LogP contribution < -0.4 is 15.4 Å². The lowest BCUT2D eigenvalue weighted by atomic mass is 9.85. The monoisotopic (exact) mass is 326 g/mol. The van der Waals surface area contributed by atoms with Gasteiger partial charge < -0.3 is 15.4 Å². The number of amides is 1. The van der Waals surface area contributed by atoms with Gasteiger partial charge in [0.1, 0.15) is 5.75 Å². The Labute approximate surface area is 141 Å². The highest BCUT2D eigenvalue weighted by Gasteiger charge is 2.25. The van der Waals surface area contributed by atoms with Crippen LogP contribution in [0.1, 0.15) is 33.1 Å². The second-order valence-corrected chi connectivity index (χ2v) is 6.24. The van der Waals surface area contributed by atoms with Gasteiger partial charge in [0, 0.05) is 11.6 Å². The number of hydrogen-bond acceptors (Lipinski definition) is 5. The summed E-state index contributed by atoms with van der Waals surface area (Å²) in [5.41, 5.74) is 0.895. The highest BCUT2D eigenvalue weighted by atomic mass is 16.5. The van der Waals surface area contributed by atoms with Gasteiger partial charge in [0.15, 0.2) is 11.6 Å². The lowest BCUT2D eigenvalue weighted by molar-refractivity contribution is -0.122. The summed E-state index contributed by atoms with van der Waals surface area (Å²) in [6.45, 7) is 3.99. The molecule has 0 radical (unpaired) electrons. The smallest absolute Gasteiger partial charge is 0.228 e. The van der Waals surface area contributed by atoms with E-state index >= 15 is 0 Å². The molecule has 2 aromatic rings. The Morgan fingerprint density at radius 3 is 2.29 bits per heavy atom. The molecule has 24 heavy (non-hydrogen) atoms. The van der Waals surface area contributed by atoms with Gasteiger partial charge in [0.2, 0.25) is 5.91 Å². The third-order valence-electron chi connectivity index (χ3n) is 3.89. The summed E-state index contributed by atoms with van der Waals surface area (Å²) in [5, 5.41) is 14.1. The lowest BCUT2D eigenvalue weighted by Gasteiger charge is -2.23. The zero-order chi connectivity index (χ0) is 16.9. The number of carbonyl (C=O) groups is 1. The first kappa shape index (κ1) is 16.2. The van der Waals surface area contributed by atoms with Crippen LogP contribution in [-0.4, -0.2) is 22.2 Å². The van der Waals surface area contributed by atoms with Crippen molar-refractivity contribution >= 4 is 23.2 Å². The summed E-state index contributed by atoms with van der Waals surface area (Å²) in [6.07, 6.45) is 3.22. The molecule has 0 saturated heterocycles. The van der Waals surface area contributed by atoms with Crippen LogP contribution in [0, 0.1) is 5.92 Å². The zero-order valence-electron chi connectivity index (χ0n) is 14.0. The van der Waals surface area contributed by atoms with E-state index in [0.717, 1.165) is 30.7 Å². The summed E-state index contributed by atoms with van der Waals surface area (Å²) in [4.78, 5) is 11.9. The Morgan fingerprint density at radius 1 is 1.08 bits per heavy atom. The second kappa shape index (κ2) is 7.29. The van der Waals surface area contributed by atoms with E-state index in [4.69, 9.17) is 4.74 Å². The first-order chi connectivity index (χ1) is 11.6. The van der Waals surface area contributed by atoms with Crippen LogP contribution in [0.4, 0.5) is 17.3 Å². The molecular weight excluding hydrogens is 304 g/mol. The third kappa shape index (κ3) is 4.22. The van der Waals surface area contributed by atoms with Gasteiger partial charge in [-0.15, -0.1) is 10.2 Å². The van der Waals surface area contributed by atoms with E-state index in [1.54, 1.807) is 12.1 Å². The Hall–Kier alpha value is -2.63. The molecule has 1 heterocycles. The predicted molar refractivity (Wildman–Crippen MR) is 93.5 cm³/mol. The molecule has 6 nitrogen and oxygen atoms in total. The van der Waals surface area contributed by atoms with E-state index in [9.17, 15) is 4.79 Å². The standard InChI is InChI=1S/C18H22N4O2/c1-12(2)24-15-8-6-14(7-9-15)19-16-10-11-17(22-21-16)20-18(23)13-4-3-5-13/h6-13H,3-5H2,1-2H3,(H,19,21)(H,20,22,23). The van der Waals surface area contributed by atoms with Gasteiger partial charge in [-0.1, -0.05) is 6.42 Å². The molecule has 6 heteroatoms. The molecule has 126 valence electrons. The quantitative estimate of drug-likeness (QED) is 0.845. The van der Waals surface area contributed by atoms with Crippen LogP contribution in [-0.2, 0) is 4.79 Å². The molecule has 1 aliphatic carbocycles. The second-order valence-electron chi connectivity index (χ2n) is 6.24. The molecule has 0 spiro atoms. The molecule has 1 fully saturated rings. The zero-order valence-corrected chi connectivity index (χ0v) is 14.0. The van der Waals surface area contributed by atoms with Crippen LogP contribution in [0.2, 0.25) is 0 Å². The molecule has 1 aromatic carbocycles. The number of nitrogens with one attached hydrogen (secondary N) is 2. The highest BCUT2D eigenvalue weighted by Crippen LogP contribution is 2.27. The minimum atomic E-state index is 0.0389. The van der Waals surface area contributed by atoms with Crippen molar-refractivity contribution in [1.29, 1.82) is 0 Å². The molecule has 1 saturated carbocycles. The molecular formula is C18H22N4O2. The maximum atomic E-state index is 11.9. The van der Waals surface area contributed by atoms with E-state index in [2.05, 4.69) is 20.8 Å². The molecule has 0 unspecified atom stereocenters. The van der Waals surface area contributed by atoms with Gasteiger partial charge in [-0.3, -0.25) is 4.79 Å². The molecule has 0 atom stereocenters. The van der Waals surface area contributed by atoms with Crippen LogP contribution >= 0.6 is 0 Å². The number of anilines is 3.